The molecule has 1 nitrogen and oxygen atoms in total. The lowest BCUT2D eigenvalue weighted by atomic mass is 10.0. The molecule has 15 heavy (non-hydrogen) atoms. The summed E-state index contributed by atoms with van der Waals surface area (Å²) in [6.07, 6.45) is 0. The van der Waals surface area contributed by atoms with Gasteiger partial charge in [0.25, 0.3) is 0 Å². The normalized spacial score (nSPS) is 12.7. The van der Waals surface area contributed by atoms with Gasteiger partial charge in [0.1, 0.15) is 0 Å². The molecule has 2 rings (SSSR count). The van der Waals surface area contributed by atoms with E-state index in [0.717, 1.165) is 0 Å². The molecule has 0 amide bonds. The van der Waals surface area contributed by atoms with Gasteiger partial charge in [-0.1, -0.05) is 52.9 Å². The number of anilines is 1. The first-order valence-electron chi connectivity index (χ1n) is 4.76. The summed E-state index contributed by atoms with van der Waals surface area (Å²) >= 11 is 4.64. The fraction of sp³-hybridized carbons (Fsp3) is 0.167. The molecule has 0 aliphatic carbocycles. The molecule has 3 heteroatoms. The monoisotopic (exact) mass is 423 g/mol. The molecule has 0 aliphatic rings. The van der Waals surface area contributed by atoms with Crippen LogP contribution in [-0.2, 0) is 0 Å². The molecule has 2 aromatic rings. The summed E-state index contributed by atoms with van der Waals surface area (Å²) in [7, 11) is 0. The number of rotatable bonds is 2. The fourth-order valence-corrected chi connectivity index (χ4v) is 2.78. The lowest BCUT2D eigenvalue weighted by molar-refractivity contribution is 1.17. The van der Waals surface area contributed by atoms with Gasteiger partial charge in [-0.05, 0) is 23.9 Å². The van der Waals surface area contributed by atoms with Crippen LogP contribution in [0.15, 0.2) is 36.4 Å². The standard InChI is InChI=1S/C12H11I2N/c1-8(13)9-4-2-6-11-10(9)5-3-7-12(11)15-14/h2-8,15H,1H3. The van der Waals surface area contributed by atoms with Gasteiger partial charge in [-0.25, -0.2) is 0 Å². The average Bonchev–Trinajstić information content (AvgIpc) is 2.27. The number of fused-ring (bicyclic) bond motifs is 1. The molecule has 1 atom stereocenters. The molecule has 2 aromatic carbocycles. The van der Waals surface area contributed by atoms with Crippen molar-refractivity contribution in [2.24, 2.45) is 0 Å². The van der Waals surface area contributed by atoms with E-state index in [9.17, 15) is 0 Å². The minimum atomic E-state index is 0.538. The van der Waals surface area contributed by atoms with Crippen LogP contribution >= 0.6 is 45.5 Å². The zero-order valence-corrected chi connectivity index (χ0v) is 12.6. The number of hydrogen-bond donors (Lipinski definition) is 1. The van der Waals surface area contributed by atoms with Gasteiger partial charge in [0, 0.05) is 9.31 Å². The Bertz CT molecular complexity index is 480. The number of nitrogens with one attached hydrogen (secondary N) is 1. The summed E-state index contributed by atoms with van der Waals surface area (Å²) in [5.41, 5.74) is 2.59. The van der Waals surface area contributed by atoms with Gasteiger partial charge in [-0.3, -0.25) is 0 Å². The SMILES string of the molecule is CC(I)c1cccc2c(NI)cccc12. The average molecular weight is 423 g/mol. The molecule has 1 N–H and O–H groups in total. The molecule has 0 aliphatic heterocycles. The minimum Gasteiger partial charge on any atom is -0.328 e. The van der Waals surface area contributed by atoms with E-state index < -0.39 is 0 Å². The Morgan fingerprint density at radius 1 is 1.07 bits per heavy atom. The van der Waals surface area contributed by atoms with Crippen molar-refractivity contribution in [3.05, 3.63) is 42.0 Å². The van der Waals surface area contributed by atoms with E-state index in [1.54, 1.807) is 0 Å². The first-order valence-corrected chi connectivity index (χ1v) is 7.09. The van der Waals surface area contributed by atoms with Gasteiger partial charge in [0.05, 0.1) is 28.6 Å². The van der Waals surface area contributed by atoms with Gasteiger partial charge in [-0.2, -0.15) is 0 Å². The van der Waals surface area contributed by atoms with Crippen LogP contribution < -0.4 is 3.53 Å². The summed E-state index contributed by atoms with van der Waals surface area (Å²) in [4.78, 5) is 0. The topological polar surface area (TPSA) is 12.0 Å². The molecular formula is C12H11I2N. The van der Waals surface area contributed by atoms with Crippen molar-refractivity contribution < 1.29 is 0 Å². The van der Waals surface area contributed by atoms with E-state index in [1.165, 1.54) is 22.0 Å². The molecule has 78 valence electrons. The number of halogens is 2. The molecule has 0 bridgehead atoms. The van der Waals surface area contributed by atoms with Crippen molar-refractivity contribution in [2.75, 3.05) is 3.53 Å². The smallest absolute Gasteiger partial charge is 0.0560 e. The van der Waals surface area contributed by atoms with Crippen LogP contribution in [0.4, 0.5) is 5.69 Å². The highest BCUT2D eigenvalue weighted by Gasteiger charge is 2.07. The van der Waals surface area contributed by atoms with Crippen molar-refractivity contribution in [1.82, 2.24) is 0 Å². The van der Waals surface area contributed by atoms with Crippen LogP contribution in [0.2, 0.25) is 0 Å². The van der Waals surface area contributed by atoms with Crippen molar-refractivity contribution in [2.45, 2.75) is 10.8 Å². The Hall–Kier alpha value is -0.0400. The Balaban J connectivity index is 2.76. The maximum Gasteiger partial charge on any atom is 0.0560 e. The van der Waals surface area contributed by atoms with Gasteiger partial charge in [0.15, 0.2) is 0 Å². The van der Waals surface area contributed by atoms with Crippen LogP contribution in [0.25, 0.3) is 10.8 Å². The van der Waals surface area contributed by atoms with Gasteiger partial charge < -0.3 is 3.53 Å². The van der Waals surface area contributed by atoms with Crippen molar-refractivity contribution in [1.29, 1.82) is 0 Å². The van der Waals surface area contributed by atoms with Crippen molar-refractivity contribution in [3.8, 4) is 0 Å². The van der Waals surface area contributed by atoms with Crippen LogP contribution in [0, 0.1) is 0 Å². The first kappa shape index (κ1) is 11.4. The molecule has 0 spiro atoms. The summed E-state index contributed by atoms with van der Waals surface area (Å²) in [6.45, 7) is 2.22. The van der Waals surface area contributed by atoms with Crippen LogP contribution in [0.5, 0.6) is 0 Å². The van der Waals surface area contributed by atoms with Gasteiger partial charge in [-0.15, -0.1) is 0 Å². The van der Waals surface area contributed by atoms with Crippen LogP contribution in [0.3, 0.4) is 0 Å². The van der Waals surface area contributed by atoms with Gasteiger partial charge in [0.2, 0.25) is 0 Å². The number of benzene rings is 2. The maximum atomic E-state index is 3.20. The van der Waals surface area contributed by atoms with E-state index in [2.05, 4.69) is 92.3 Å². The Morgan fingerprint density at radius 2 is 1.73 bits per heavy atom. The number of alkyl halides is 1. The largest absolute Gasteiger partial charge is 0.328 e. The first-order chi connectivity index (χ1) is 7.24. The van der Waals surface area contributed by atoms with E-state index in [-0.39, 0.29) is 0 Å². The minimum absolute atomic E-state index is 0.538. The molecule has 0 heterocycles. The quantitative estimate of drug-likeness (QED) is 0.403. The van der Waals surface area contributed by atoms with Crippen LogP contribution in [-0.4, -0.2) is 0 Å². The molecule has 0 fully saturated rings. The summed E-state index contributed by atoms with van der Waals surface area (Å²) < 4.78 is 3.74. The van der Waals surface area contributed by atoms with E-state index in [1.807, 2.05) is 0 Å². The molecule has 0 aromatic heterocycles. The number of hydrogen-bond acceptors (Lipinski definition) is 1. The van der Waals surface area contributed by atoms with Crippen molar-refractivity contribution >= 4 is 61.9 Å². The Morgan fingerprint density at radius 3 is 2.40 bits per heavy atom. The highest BCUT2D eigenvalue weighted by molar-refractivity contribution is 14.1. The highest BCUT2D eigenvalue weighted by atomic mass is 127. The highest BCUT2D eigenvalue weighted by Crippen LogP contribution is 2.33. The summed E-state index contributed by atoms with van der Waals surface area (Å²) in [5, 5.41) is 2.65. The second-order valence-corrected chi connectivity index (χ2v) is 5.87. The second kappa shape index (κ2) is 4.86. The predicted octanol–water partition coefficient (Wildman–Crippen LogP) is 5.10. The van der Waals surface area contributed by atoms with Crippen molar-refractivity contribution in [3.63, 3.8) is 0 Å². The Kier molecular flexibility index (Phi) is 3.71. The van der Waals surface area contributed by atoms with E-state index in [0.29, 0.717) is 3.92 Å². The molecule has 1 unspecified atom stereocenters. The van der Waals surface area contributed by atoms with Gasteiger partial charge >= 0.3 is 0 Å². The lowest BCUT2D eigenvalue weighted by Gasteiger charge is -2.11. The molecule has 0 radical (unpaired) electrons. The fourth-order valence-electron chi connectivity index (χ4n) is 1.76. The lowest BCUT2D eigenvalue weighted by Crippen LogP contribution is -1.88. The molecule has 0 saturated heterocycles. The summed E-state index contributed by atoms with van der Waals surface area (Å²) in [5.74, 6) is 0. The summed E-state index contributed by atoms with van der Waals surface area (Å²) in [6, 6.07) is 12.9. The third-order valence-corrected chi connectivity index (χ3v) is 3.74. The second-order valence-electron chi connectivity index (χ2n) is 3.46. The molecule has 0 saturated carbocycles. The maximum absolute atomic E-state index is 3.20. The van der Waals surface area contributed by atoms with E-state index >= 15 is 0 Å². The Labute approximate surface area is 117 Å². The zero-order chi connectivity index (χ0) is 10.8. The van der Waals surface area contributed by atoms with E-state index in [4.69, 9.17) is 0 Å². The molecular weight excluding hydrogens is 412 g/mol. The third-order valence-electron chi connectivity index (χ3n) is 2.49. The predicted molar refractivity (Wildman–Crippen MR) is 84.0 cm³/mol. The zero-order valence-electron chi connectivity index (χ0n) is 8.30. The van der Waals surface area contributed by atoms with Crippen LogP contribution in [0.1, 0.15) is 16.4 Å². The third kappa shape index (κ3) is 2.22.